The maximum Gasteiger partial charge on any atom is 0.200 e. The van der Waals surface area contributed by atoms with Gasteiger partial charge in [0.2, 0.25) is 5.43 Å². The van der Waals surface area contributed by atoms with Gasteiger partial charge in [0, 0.05) is 19.2 Å². The van der Waals surface area contributed by atoms with Crippen molar-refractivity contribution < 1.29 is 4.74 Å². The molecule has 1 aromatic carbocycles. The first-order valence-electron chi connectivity index (χ1n) is 7.03. The van der Waals surface area contributed by atoms with Crippen molar-refractivity contribution in [2.24, 2.45) is 0 Å². The first-order chi connectivity index (χ1) is 9.19. The summed E-state index contributed by atoms with van der Waals surface area (Å²) in [6.45, 7) is 9.75. The summed E-state index contributed by atoms with van der Waals surface area (Å²) in [7, 11) is 0. The summed E-state index contributed by atoms with van der Waals surface area (Å²) in [5.41, 5.74) is 0.732. The van der Waals surface area contributed by atoms with Crippen molar-refractivity contribution in [2.45, 2.75) is 26.7 Å². The molecule has 19 heavy (non-hydrogen) atoms. The summed E-state index contributed by atoms with van der Waals surface area (Å²) in [4.78, 5) is 13.3. The molecule has 5 heteroatoms. The van der Waals surface area contributed by atoms with Crippen LogP contribution < -0.4 is 10.7 Å². The zero-order valence-electron chi connectivity index (χ0n) is 11.9. The lowest BCUT2D eigenvalue weighted by Gasteiger charge is -2.20. The van der Waals surface area contributed by atoms with E-state index in [0.717, 1.165) is 31.9 Å². The highest BCUT2D eigenvalue weighted by Gasteiger charge is 2.04. The number of nitrogens with zero attached hydrogens (tertiary/aromatic N) is 1. The van der Waals surface area contributed by atoms with Crippen molar-refractivity contribution in [2.75, 3.05) is 44.7 Å². The minimum absolute atomic E-state index is 0.0480. The van der Waals surface area contributed by atoms with Crippen LogP contribution in [-0.2, 0) is 4.74 Å². The second-order valence-corrected chi connectivity index (χ2v) is 5.04. The van der Waals surface area contributed by atoms with Gasteiger partial charge in [-0.05, 0) is 25.9 Å². The van der Waals surface area contributed by atoms with Crippen LogP contribution in [-0.4, -0.2) is 44.3 Å². The van der Waals surface area contributed by atoms with E-state index in [9.17, 15) is 4.79 Å². The lowest BCUT2D eigenvalue weighted by atomic mass is 10.3. The maximum atomic E-state index is 10.9. The van der Waals surface area contributed by atoms with Crippen LogP contribution in [0, 0.1) is 4.51 Å². The lowest BCUT2D eigenvalue weighted by molar-refractivity contribution is 0.111. The molecule has 0 fully saturated rings. The summed E-state index contributed by atoms with van der Waals surface area (Å²) in [5, 5.41) is 3.10. The highest BCUT2D eigenvalue weighted by molar-refractivity contribution is 7.71. The predicted molar refractivity (Wildman–Crippen MR) is 82.2 cm³/mol. The van der Waals surface area contributed by atoms with Gasteiger partial charge in [0.15, 0.2) is 0 Å². The van der Waals surface area contributed by atoms with Crippen molar-refractivity contribution in [3.05, 3.63) is 20.8 Å². The van der Waals surface area contributed by atoms with Gasteiger partial charge in [0.25, 0.3) is 0 Å². The fraction of sp³-hybridized carbons (Fsp3) is 0.714. The first kappa shape index (κ1) is 16.3. The normalized spacial score (nSPS) is 11.3. The summed E-state index contributed by atoms with van der Waals surface area (Å²) < 4.78 is 5.99. The zero-order chi connectivity index (χ0) is 14.1. The van der Waals surface area contributed by atoms with E-state index < -0.39 is 0 Å². The highest BCUT2D eigenvalue weighted by Crippen LogP contribution is 2.06. The molecule has 0 atom stereocenters. The van der Waals surface area contributed by atoms with Gasteiger partial charge in [0.1, 0.15) is 4.51 Å². The molecule has 0 aromatic heterocycles. The average molecular weight is 284 g/mol. The smallest absolute Gasteiger partial charge is 0.200 e. The molecule has 0 amide bonds. The van der Waals surface area contributed by atoms with E-state index in [-0.39, 0.29) is 5.43 Å². The third kappa shape index (κ3) is 5.80. The summed E-state index contributed by atoms with van der Waals surface area (Å²) in [6.07, 6.45) is 2.36. The Bertz CT molecular complexity index is 421. The average Bonchev–Trinajstić information content (AvgIpc) is 2.41. The van der Waals surface area contributed by atoms with Crippen LogP contribution in [0.4, 0.5) is 5.69 Å². The van der Waals surface area contributed by atoms with Crippen LogP contribution in [0.3, 0.4) is 0 Å². The lowest BCUT2D eigenvalue weighted by Crippen LogP contribution is -2.29. The Labute approximate surface area is 120 Å². The van der Waals surface area contributed by atoms with Gasteiger partial charge in [-0.1, -0.05) is 26.1 Å². The van der Waals surface area contributed by atoms with Crippen molar-refractivity contribution in [1.29, 1.82) is 0 Å². The third-order valence-corrected chi connectivity index (χ3v) is 3.36. The fourth-order valence-electron chi connectivity index (χ4n) is 1.97. The Morgan fingerprint density at radius 2 is 1.89 bits per heavy atom. The number of rotatable bonds is 11. The number of nitrogens with one attached hydrogen (secondary N) is 1. The second kappa shape index (κ2) is 9.18. The van der Waals surface area contributed by atoms with Crippen molar-refractivity contribution in [3.63, 3.8) is 0 Å². The first-order valence-corrected chi connectivity index (χ1v) is 7.44. The minimum Gasteiger partial charge on any atom is -0.381 e. The van der Waals surface area contributed by atoms with Gasteiger partial charge >= 0.3 is 0 Å². The summed E-state index contributed by atoms with van der Waals surface area (Å²) >= 11 is 4.89. The molecule has 1 rings (SSSR count). The maximum absolute atomic E-state index is 10.9. The molecule has 0 spiro atoms. The molecule has 0 heterocycles. The van der Waals surface area contributed by atoms with E-state index in [1.165, 1.54) is 18.9 Å². The molecule has 0 radical (unpaired) electrons. The van der Waals surface area contributed by atoms with E-state index in [4.69, 9.17) is 17.0 Å². The fourth-order valence-corrected chi connectivity index (χ4v) is 2.16. The van der Waals surface area contributed by atoms with Crippen LogP contribution in [0.5, 0.6) is 0 Å². The predicted octanol–water partition coefficient (Wildman–Crippen LogP) is 2.20. The highest BCUT2D eigenvalue weighted by atomic mass is 32.1. The number of anilines is 1. The Hall–Kier alpha value is -0.780. The van der Waals surface area contributed by atoms with Gasteiger partial charge in [-0.3, -0.25) is 4.79 Å². The molecular weight excluding hydrogens is 260 g/mol. The Kier molecular flexibility index (Phi) is 7.86. The molecule has 108 valence electrons. The van der Waals surface area contributed by atoms with Gasteiger partial charge in [0.05, 0.1) is 18.9 Å². The van der Waals surface area contributed by atoms with Crippen molar-refractivity contribution in [3.8, 4) is 0 Å². The number of hydrogen-bond acceptors (Lipinski definition) is 5. The number of hydrogen-bond donors (Lipinski definition) is 1. The molecule has 0 unspecified atom stereocenters. The van der Waals surface area contributed by atoms with Gasteiger partial charge in [-0.15, -0.1) is 0 Å². The van der Waals surface area contributed by atoms with E-state index in [1.807, 2.05) is 0 Å². The summed E-state index contributed by atoms with van der Waals surface area (Å²) in [6, 6.07) is 1.53. The van der Waals surface area contributed by atoms with Crippen LogP contribution in [0.25, 0.3) is 0 Å². The van der Waals surface area contributed by atoms with Crippen LogP contribution >= 0.6 is 12.2 Å². The largest absolute Gasteiger partial charge is 0.381 e. The molecule has 0 bridgehead atoms. The zero-order valence-corrected chi connectivity index (χ0v) is 12.7. The van der Waals surface area contributed by atoms with Crippen LogP contribution in [0.1, 0.15) is 26.7 Å². The van der Waals surface area contributed by atoms with Gasteiger partial charge in [-0.25, -0.2) is 0 Å². The molecule has 0 saturated heterocycles. The molecule has 1 aromatic rings. The number of ether oxygens (including phenoxy) is 1. The molecule has 0 saturated carbocycles. The molecule has 4 nitrogen and oxygen atoms in total. The molecule has 1 N–H and O–H groups in total. The Balaban J connectivity index is 2.03. The SMILES string of the molecule is CCCN(CCC)CCOCCNc1cc(=O)c1=S. The molecule has 0 aliphatic rings. The van der Waals surface area contributed by atoms with Gasteiger partial charge in [-0.2, -0.15) is 0 Å². The van der Waals surface area contributed by atoms with E-state index in [0.29, 0.717) is 17.7 Å². The molecule has 0 aliphatic carbocycles. The van der Waals surface area contributed by atoms with E-state index >= 15 is 0 Å². The van der Waals surface area contributed by atoms with E-state index in [2.05, 4.69) is 24.1 Å². The Morgan fingerprint density at radius 1 is 1.21 bits per heavy atom. The minimum atomic E-state index is -0.0480. The second-order valence-electron chi connectivity index (χ2n) is 4.63. The van der Waals surface area contributed by atoms with Crippen LogP contribution in [0.15, 0.2) is 10.9 Å². The van der Waals surface area contributed by atoms with Crippen LogP contribution in [0.2, 0.25) is 0 Å². The molecule has 0 aliphatic heterocycles. The van der Waals surface area contributed by atoms with Crippen molar-refractivity contribution in [1.82, 2.24) is 4.90 Å². The topological polar surface area (TPSA) is 41.6 Å². The van der Waals surface area contributed by atoms with Gasteiger partial charge < -0.3 is 15.0 Å². The quantitative estimate of drug-likeness (QED) is 0.498. The summed E-state index contributed by atoms with van der Waals surface area (Å²) in [5.74, 6) is 0. The third-order valence-electron chi connectivity index (χ3n) is 2.94. The Morgan fingerprint density at radius 3 is 2.42 bits per heavy atom. The standard InChI is InChI=1S/C14H24N2O2S/c1-3-6-16(7-4-2)8-10-18-9-5-15-12-11-13(17)14(12)19/h11,15H,3-10H2,1-2H3. The van der Waals surface area contributed by atoms with E-state index in [1.54, 1.807) is 0 Å². The van der Waals surface area contributed by atoms with Crippen molar-refractivity contribution >= 4 is 17.9 Å². The molecular formula is C14H24N2O2S. The monoisotopic (exact) mass is 284 g/mol.